The minimum absolute atomic E-state index is 0.0366. The highest BCUT2D eigenvalue weighted by Crippen LogP contribution is 2.36. The van der Waals surface area contributed by atoms with Crippen molar-refractivity contribution in [1.29, 1.82) is 0 Å². The van der Waals surface area contributed by atoms with E-state index in [0.29, 0.717) is 12.1 Å². The summed E-state index contributed by atoms with van der Waals surface area (Å²) in [7, 11) is -0.940. The van der Waals surface area contributed by atoms with Crippen LogP contribution < -0.4 is 9.46 Å². The molecule has 0 unspecified atom stereocenters. The van der Waals surface area contributed by atoms with Crippen LogP contribution in [0.2, 0.25) is 0 Å². The van der Waals surface area contributed by atoms with Crippen molar-refractivity contribution >= 4 is 27.3 Å². The molecule has 9 heteroatoms. The van der Waals surface area contributed by atoms with Gasteiger partial charge in [0, 0.05) is 30.6 Å². The Hall–Kier alpha value is -1.94. The van der Waals surface area contributed by atoms with Gasteiger partial charge in [-0.15, -0.1) is 11.3 Å². The van der Waals surface area contributed by atoms with Crippen LogP contribution in [0, 0.1) is 0 Å². The summed E-state index contributed by atoms with van der Waals surface area (Å²) in [4.78, 5) is 16.1. The summed E-state index contributed by atoms with van der Waals surface area (Å²) < 4.78 is 37.9. The van der Waals surface area contributed by atoms with Crippen LogP contribution in [0.15, 0.2) is 40.6 Å². The van der Waals surface area contributed by atoms with E-state index in [-0.39, 0.29) is 35.7 Å². The molecule has 1 fully saturated rings. The van der Waals surface area contributed by atoms with Crippen LogP contribution in [0.4, 0.5) is 0 Å². The molecule has 1 N–H and O–H groups in total. The van der Waals surface area contributed by atoms with E-state index < -0.39 is 10.0 Å². The summed E-state index contributed by atoms with van der Waals surface area (Å²) >= 11 is 1.63. The van der Waals surface area contributed by atoms with Crippen molar-refractivity contribution in [2.45, 2.75) is 23.8 Å². The average molecular weight is 425 g/mol. The lowest BCUT2D eigenvalue weighted by molar-refractivity contribution is 0.0737. The number of thiophene rings is 1. The normalized spacial score (nSPS) is 17.1. The first-order chi connectivity index (χ1) is 13.5. The fourth-order valence-electron chi connectivity index (χ4n) is 3.33. The van der Waals surface area contributed by atoms with E-state index in [1.165, 1.54) is 26.4 Å². The molecule has 2 heterocycles. The number of sulfonamides is 1. The number of amides is 1. The number of hydrogen-bond donors (Lipinski definition) is 1. The Labute approximate surface area is 169 Å². The number of benzene rings is 1. The van der Waals surface area contributed by atoms with Crippen molar-refractivity contribution in [2.75, 3.05) is 33.9 Å². The lowest BCUT2D eigenvalue weighted by atomic mass is 10.1. The lowest BCUT2D eigenvalue weighted by Crippen LogP contribution is -2.31. The van der Waals surface area contributed by atoms with Crippen molar-refractivity contribution in [3.05, 3.63) is 46.2 Å². The highest BCUT2D eigenvalue weighted by Gasteiger charge is 2.32. The fourth-order valence-corrected chi connectivity index (χ4v) is 5.41. The number of rotatable bonds is 8. The summed E-state index contributed by atoms with van der Waals surface area (Å²) in [5.41, 5.74) is 0.330. The first-order valence-electron chi connectivity index (χ1n) is 8.99. The maximum absolute atomic E-state index is 13.1. The number of nitrogens with zero attached hydrogens (tertiary/aromatic N) is 1. The number of methoxy groups -OCH3 is 2. The minimum atomic E-state index is -3.84. The van der Waals surface area contributed by atoms with Gasteiger partial charge in [0.25, 0.3) is 5.91 Å². The van der Waals surface area contributed by atoms with E-state index in [9.17, 15) is 13.2 Å². The van der Waals surface area contributed by atoms with Crippen molar-refractivity contribution in [3.63, 3.8) is 0 Å². The van der Waals surface area contributed by atoms with Gasteiger partial charge in [-0.25, -0.2) is 13.1 Å². The van der Waals surface area contributed by atoms with Crippen molar-refractivity contribution in [3.8, 4) is 5.75 Å². The van der Waals surface area contributed by atoms with Crippen LogP contribution >= 0.6 is 11.3 Å². The summed E-state index contributed by atoms with van der Waals surface area (Å²) in [5.74, 6) is 0.0181. The fraction of sp³-hybridized carbons (Fsp3) is 0.421. The van der Waals surface area contributed by atoms with E-state index in [1.807, 2.05) is 22.4 Å². The van der Waals surface area contributed by atoms with Gasteiger partial charge in [0.2, 0.25) is 10.0 Å². The summed E-state index contributed by atoms with van der Waals surface area (Å²) in [5, 5.41) is 2.00. The van der Waals surface area contributed by atoms with Crippen molar-refractivity contribution < 1.29 is 22.7 Å². The Kier molecular flexibility index (Phi) is 6.71. The molecule has 2 aromatic rings. The molecule has 1 saturated heterocycles. The average Bonchev–Trinajstić information content (AvgIpc) is 3.38. The summed E-state index contributed by atoms with van der Waals surface area (Å²) in [6.07, 6.45) is 1.83. The number of hydrogen-bond acceptors (Lipinski definition) is 6. The molecule has 152 valence electrons. The molecule has 1 aromatic carbocycles. The third-order valence-electron chi connectivity index (χ3n) is 4.68. The van der Waals surface area contributed by atoms with Gasteiger partial charge in [0.1, 0.15) is 10.6 Å². The second-order valence-electron chi connectivity index (χ2n) is 6.43. The number of nitrogens with one attached hydrogen (secondary N) is 1. The summed E-state index contributed by atoms with van der Waals surface area (Å²) in [6, 6.07) is 8.57. The third-order valence-corrected chi connectivity index (χ3v) is 7.14. The van der Waals surface area contributed by atoms with Gasteiger partial charge in [0.05, 0.1) is 19.8 Å². The Bertz CT molecular complexity index is 912. The molecule has 3 rings (SSSR count). The quantitative estimate of drug-likeness (QED) is 0.659. The van der Waals surface area contributed by atoms with Crippen LogP contribution in [0.1, 0.15) is 34.1 Å². The van der Waals surface area contributed by atoms with Crippen LogP contribution in [-0.2, 0) is 14.8 Å². The van der Waals surface area contributed by atoms with Gasteiger partial charge in [-0.05, 0) is 42.5 Å². The molecule has 0 aliphatic carbocycles. The Balaban J connectivity index is 1.89. The molecule has 0 radical (unpaired) electrons. The highest BCUT2D eigenvalue weighted by molar-refractivity contribution is 7.89. The largest absolute Gasteiger partial charge is 0.495 e. The second-order valence-corrected chi connectivity index (χ2v) is 9.14. The molecule has 0 spiro atoms. The maximum atomic E-state index is 13.1. The van der Waals surface area contributed by atoms with Crippen LogP contribution in [-0.4, -0.2) is 53.1 Å². The second kappa shape index (κ2) is 9.04. The third kappa shape index (κ3) is 4.38. The van der Waals surface area contributed by atoms with Gasteiger partial charge in [-0.1, -0.05) is 6.07 Å². The van der Waals surface area contributed by atoms with Gasteiger partial charge in [0.15, 0.2) is 0 Å². The predicted molar refractivity (Wildman–Crippen MR) is 107 cm³/mol. The molecule has 1 atom stereocenters. The van der Waals surface area contributed by atoms with Gasteiger partial charge >= 0.3 is 0 Å². The number of carbonyl (C=O) groups excluding carboxylic acids is 1. The van der Waals surface area contributed by atoms with Crippen LogP contribution in [0.5, 0.6) is 5.75 Å². The Morgan fingerprint density at radius 3 is 2.82 bits per heavy atom. The minimum Gasteiger partial charge on any atom is -0.495 e. The first-order valence-corrected chi connectivity index (χ1v) is 11.3. The highest BCUT2D eigenvalue weighted by atomic mass is 32.2. The zero-order chi connectivity index (χ0) is 20.1. The lowest BCUT2D eigenvalue weighted by Gasteiger charge is -2.24. The number of ether oxygens (including phenoxy) is 2. The van der Waals surface area contributed by atoms with E-state index in [4.69, 9.17) is 9.47 Å². The van der Waals surface area contributed by atoms with E-state index >= 15 is 0 Å². The molecule has 1 aliphatic rings. The molecule has 1 aliphatic heterocycles. The molecule has 0 bridgehead atoms. The van der Waals surface area contributed by atoms with Crippen molar-refractivity contribution in [2.24, 2.45) is 0 Å². The Morgan fingerprint density at radius 1 is 1.32 bits per heavy atom. The zero-order valence-electron chi connectivity index (χ0n) is 15.9. The SMILES string of the molecule is COCCNS(=O)(=O)c1cc(C(=O)N2CCC[C@H]2c2cccs2)ccc1OC. The molecular formula is C19H24N2O5S2. The first kappa shape index (κ1) is 20.8. The predicted octanol–water partition coefficient (Wildman–Crippen LogP) is 2.66. The topological polar surface area (TPSA) is 84.9 Å². The zero-order valence-corrected chi connectivity index (χ0v) is 17.5. The van der Waals surface area contributed by atoms with Gasteiger partial charge < -0.3 is 14.4 Å². The number of carbonyl (C=O) groups is 1. The van der Waals surface area contributed by atoms with E-state index in [1.54, 1.807) is 17.4 Å². The van der Waals surface area contributed by atoms with Gasteiger partial charge in [-0.2, -0.15) is 0 Å². The van der Waals surface area contributed by atoms with Crippen LogP contribution in [0.25, 0.3) is 0 Å². The van der Waals surface area contributed by atoms with E-state index in [0.717, 1.165) is 17.7 Å². The molecule has 7 nitrogen and oxygen atoms in total. The smallest absolute Gasteiger partial charge is 0.254 e. The monoisotopic (exact) mass is 424 g/mol. The Morgan fingerprint density at radius 2 is 2.14 bits per heavy atom. The maximum Gasteiger partial charge on any atom is 0.254 e. The molecule has 1 aromatic heterocycles. The van der Waals surface area contributed by atoms with E-state index in [2.05, 4.69) is 4.72 Å². The standard InChI is InChI=1S/C19H24N2O5S2/c1-25-11-9-20-28(23,24)18-13-14(7-8-16(18)26-2)19(22)21-10-3-5-15(21)17-6-4-12-27-17/h4,6-8,12-13,15,20H,3,5,9-11H2,1-2H3/t15-/m0/s1. The van der Waals surface area contributed by atoms with Crippen LogP contribution in [0.3, 0.4) is 0 Å². The van der Waals surface area contributed by atoms with Crippen molar-refractivity contribution in [1.82, 2.24) is 9.62 Å². The van der Waals surface area contributed by atoms with Gasteiger partial charge in [-0.3, -0.25) is 4.79 Å². The molecule has 1 amide bonds. The summed E-state index contributed by atoms with van der Waals surface area (Å²) in [6.45, 7) is 1.03. The molecular weight excluding hydrogens is 400 g/mol. The number of likely N-dealkylation sites (tertiary alicyclic amines) is 1. The molecule has 0 saturated carbocycles. The molecule has 28 heavy (non-hydrogen) atoms.